The minimum absolute atomic E-state index is 0.113. The van der Waals surface area contributed by atoms with Crippen LogP contribution >= 0.6 is 0 Å². The molecule has 1 aromatic heterocycles. The first-order valence-electron chi connectivity index (χ1n) is 5.78. The summed E-state index contributed by atoms with van der Waals surface area (Å²) >= 11 is 0. The van der Waals surface area contributed by atoms with Crippen molar-refractivity contribution in [1.82, 2.24) is 9.97 Å². The smallest absolute Gasteiger partial charge is 0.434 e. The van der Waals surface area contributed by atoms with E-state index in [0.29, 0.717) is 6.20 Å². The zero-order chi connectivity index (χ0) is 16.4. The molecule has 0 N–H and O–H groups in total. The molecule has 0 saturated heterocycles. The van der Waals surface area contributed by atoms with Crippen molar-refractivity contribution >= 4 is 15.8 Å². The fourth-order valence-electron chi connectivity index (χ4n) is 1.36. The van der Waals surface area contributed by atoms with E-state index in [4.69, 9.17) is 0 Å². The van der Waals surface area contributed by atoms with E-state index in [9.17, 15) is 26.4 Å². The standard InChI is InChI=1S/C11H13F3N2O4S/c1-4-20-10(17)7-5-15-9(6(2)21(3,18)19)16-8(7)11(12,13)14/h5-6H,4H2,1-3H3. The van der Waals surface area contributed by atoms with Gasteiger partial charge in [-0.3, -0.25) is 0 Å². The van der Waals surface area contributed by atoms with Crippen LogP contribution in [0.25, 0.3) is 0 Å². The normalized spacial score (nSPS) is 13.8. The van der Waals surface area contributed by atoms with Gasteiger partial charge in [-0.25, -0.2) is 23.2 Å². The molecule has 1 aromatic rings. The second-order valence-electron chi connectivity index (χ2n) is 4.18. The van der Waals surface area contributed by atoms with Crippen molar-refractivity contribution in [1.29, 1.82) is 0 Å². The molecule has 0 fully saturated rings. The Balaban J connectivity index is 3.42. The van der Waals surface area contributed by atoms with Gasteiger partial charge in [0.25, 0.3) is 0 Å². The Morgan fingerprint density at radius 2 is 2.00 bits per heavy atom. The van der Waals surface area contributed by atoms with Gasteiger partial charge in [0.05, 0.1) is 6.61 Å². The van der Waals surface area contributed by atoms with Gasteiger partial charge in [0, 0.05) is 12.5 Å². The summed E-state index contributed by atoms with van der Waals surface area (Å²) in [6.07, 6.45) is -3.45. The van der Waals surface area contributed by atoms with Crippen LogP contribution in [0.5, 0.6) is 0 Å². The maximum absolute atomic E-state index is 12.9. The highest BCUT2D eigenvalue weighted by molar-refractivity contribution is 7.90. The minimum atomic E-state index is -4.93. The number of rotatable bonds is 4. The van der Waals surface area contributed by atoms with E-state index < -0.39 is 44.3 Å². The van der Waals surface area contributed by atoms with Crippen LogP contribution in [0.15, 0.2) is 6.20 Å². The molecular weight excluding hydrogens is 313 g/mol. The van der Waals surface area contributed by atoms with Crippen LogP contribution in [0, 0.1) is 0 Å². The lowest BCUT2D eigenvalue weighted by atomic mass is 10.2. The van der Waals surface area contributed by atoms with E-state index >= 15 is 0 Å². The van der Waals surface area contributed by atoms with Crippen molar-refractivity contribution in [3.05, 3.63) is 23.3 Å². The minimum Gasteiger partial charge on any atom is -0.462 e. The molecule has 118 valence electrons. The number of sulfone groups is 1. The van der Waals surface area contributed by atoms with Crippen LogP contribution in [0.4, 0.5) is 13.2 Å². The first-order chi connectivity index (χ1) is 9.48. The molecule has 0 bridgehead atoms. The molecule has 1 atom stereocenters. The first kappa shape index (κ1) is 17.3. The van der Waals surface area contributed by atoms with Crippen LogP contribution in [-0.2, 0) is 20.8 Å². The second-order valence-corrected chi connectivity index (χ2v) is 6.55. The molecule has 6 nitrogen and oxygen atoms in total. The Kier molecular flexibility index (Phi) is 4.92. The monoisotopic (exact) mass is 326 g/mol. The number of nitrogens with zero attached hydrogens (tertiary/aromatic N) is 2. The average molecular weight is 326 g/mol. The average Bonchev–Trinajstić information content (AvgIpc) is 2.35. The largest absolute Gasteiger partial charge is 0.462 e. The lowest BCUT2D eigenvalue weighted by molar-refractivity contribution is -0.142. The molecule has 0 aliphatic carbocycles. The molecule has 1 heterocycles. The molecule has 0 amide bonds. The Morgan fingerprint density at radius 3 is 2.43 bits per heavy atom. The van der Waals surface area contributed by atoms with Crippen molar-refractivity contribution < 1.29 is 31.1 Å². The van der Waals surface area contributed by atoms with Gasteiger partial charge in [-0.1, -0.05) is 0 Å². The number of aromatic nitrogens is 2. The Hall–Kier alpha value is -1.71. The van der Waals surface area contributed by atoms with Gasteiger partial charge in [0.1, 0.15) is 16.6 Å². The predicted octanol–water partition coefficient (Wildman–Crippen LogP) is 1.78. The Bertz CT molecular complexity index is 643. The molecule has 0 spiro atoms. The van der Waals surface area contributed by atoms with Crippen LogP contribution < -0.4 is 0 Å². The maximum Gasteiger partial charge on any atom is 0.434 e. The zero-order valence-electron chi connectivity index (χ0n) is 11.4. The van der Waals surface area contributed by atoms with Gasteiger partial charge in [0.2, 0.25) is 0 Å². The highest BCUT2D eigenvalue weighted by atomic mass is 32.2. The van der Waals surface area contributed by atoms with E-state index in [1.807, 2.05) is 0 Å². The predicted molar refractivity (Wildman–Crippen MR) is 66.2 cm³/mol. The number of ether oxygens (including phenoxy) is 1. The number of alkyl halides is 3. The van der Waals surface area contributed by atoms with Crippen molar-refractivity contribution in [2.45, 2.75) is 25.3 Å². The molecular formula is C11H13F3N2O4S. The van der Waals surface area contributed by atoms with Crippen molar-refractivity contribution in [3.63, 3.8) is 0 Å². The molecule has 1 rings (SSSR count). The quantitative estimate of drug-likeness (QED) is 0.784. The summed E-state index contributed by atoms with van der Waals surface area (Å²) in [6, 6.07) is 0. The first-order valence-corrected chi connectivity index (χ1v) is 7.74. The van der Waals surface area contributed by atoms with E-state index in [1.165, 1.54) is 6.92 Å². The number of esters is 1. The van der Waals surface area contributed by atoms with Crippen molar-refractivity contribution in [2.75, 3.05) is 12.9 Å². The molecule has 0 aromatic carbocycles. The highest BCUT2D eigenvalue weighted by Crippen LogP contribution is 2.31. The fourth-order valence-corrected chi connectivity index (χ4v) is 1.85. The summed E-state index contributed by atoms with van der Waals surface area (Å²) in [5.74, 6) is -1.75. The van der Waals surface area contributed by atoms with Gasteiger partial charge in [-0.2, -0.15) is 13.2 Å². The number of hydrogen-bond acceptors (Lipinski definition) is 6. The Labute approximate surface area is 119 Å². The summed E-state index contributed by atoms with van der Waals surface area (Å²) in [4.78, 5) is 18.2. The molecule has 0 saturated carbocycles. The Morgan fingerprint density at radius 1 is 1.43 bits per heavy atom. The molecule has 0 radical (unpaired) electrons. The lowest BCUT2D eigenvalue weighted by Gasteiger charge is -2.14. The number of carbonyl (C=O) groups excluding carboxylic acids is 1. The highest BCUT2D eigenvalue weighted by Gasteiger charge is 2.39. The molecule has 21 heavy (non-hydrogen) atoms. The fraction of sp³-hybridized carbons (Fsp3) is 0.545. The zero-order valence-corrected chi connectivity index (χ0v) is 12.2. The third-order valence-electron chi connectivity index (χ3n) is 2.58. The van der Waals surface area contributed by atoms with Crippen LogP contribution in [0.2, 0.25) is 0 Å². The van der Waals surface area contributed by atoms with Crippen molar-refractivity contribution in [2.24, 2.45) is 0 Å². The van der Waals surface area contributed by atoms with Crippen molar-refractivity contribution in [3.8, 4) is 0 Å². The van der Waals surface area contributed by atoms with Crippen LogP contribution in [-0.4, -0.2) is 37.2 Å². The number of carbonyl (C=O) groups is 1. The molecule has 0 aliphatic heterocycles. The molecule has 0 aliphatic rings. The third-order valence-corrected chi connectivity index (χ3v) is 4.07. The van der Waals surface area contributed by atoms with Gasteiger partial charge < -0.3 is 4.74 Å². The van der Waals surface area contributed by atoms with E-state index in [2.05, 4.69) is 14.7 Å². The molecule has 10 heteroatoms. The summed E-state index contributed by atoms with van der Waals surface area (Å²) in [6.45, 7) is 2.48. The van der Waals surface area contributed by atoms with E-state index in [0.717, 1.165) is 13.2 Å². The maximum atomic E-state index is 12.9. The van der Waals surface area contributed by atoms with E-state index in [1.54, 1.807) is 0 Å². The topological polar surface area (TPSA) is 86.2 Å². The summed E-state index contributed by atoms with van der Waals surface area (Å²) in [7, 11) is -3.67. The van der Waals surface area contributed by atoms with E-state index in [-0.39, 0.29) is 6.61 Å². The summed E-state index contributed by atoms with van der Waals surface area (Å²) in [5.41, 5.74) is -2.37. The third kappa shape index (κ3) is 4.13. The second kappa shape index (κ2) is 5.96. The SMILES string of the molecule is CCOC(=O)c1cnc(C(C)S(C)(=O)=O)nc1C(F)(F)F. The van der Waals surface area contributed by atoms with Gasteiger partial charge in [-0.05, 0) is 13.8 Å². The van der Waals surface area contributed by atoms with Crippen LogP contribution in [0.1, 0.15) is 41.0 Å². The van der Waals surface area contributed by atoms with Crippen LogP contribution in [0.3, 0.4) is 0 Å². The van der Waals surface area contributed by atoms with Gasteiger partial charge in [-0.15, -0.1) is 0 Å². The number of halogens is 3. The number of hydrogen-bond donors (Lipinski definition) is 0. The van der Waals surface area contributed by atoms with Gasteiger partial charge in [0.15, 0.2) is 15.5 Å². The summed E-state index contributed by atoms with van der Waals surface area (Å²) < 4.78 is 66.0. The summed E-state index contributed by atoms with van der Waals surface area (Å²) in [5, 5.41) is -1.32. The lowest BCUT2D eigenvalue weighted by Crippen LogP contribution is -2.21. The molecule has 1 unspecified atom stereocenters. The van der Waals surface area contributed by atoms with Gasteiger partial charge >= 0.3 is 12.1 Å².